The first-order chi connectivity index (χ1) is 12.6. The number of nitrogens with zero attached hydrogens (tertiary/aromatic N) is 3. The number of benzene rings is 1. The third-order valence-electron chi connectivity index (χ3n) is 5.78. The number of hydrogen-bond donors (Lipinski definition) is 1. The van der Waals surface area contributed by atoms with Crippen LogP contribution in [0.2, 0.25) is 0 Å². The highest BCUT2D eigenvalue weighted by Crippen LogP contribution is 2.33. The maximum atomic E-state index is 13.2. The highest BCUT2D eigenvalue weighted by Gasteiger charge is 2.36. The first-order valence-electron chi connectivity index (χ1n) is 9.19. The van der Waals surface area contributed by atoms with Gasteiger partial charge in [-0.15, -0.1) is 0 Å². The summed E-state index contributed by atoms with van der Waals surface area (Å²) in [5, 5.41) is 7.13. The smallest absolute Gasteiger partial charge is 0.253 e. The topological polar surface area (TPSA) is 69.3 Å². The molecule has 0 bridgehead atoms. The Hall–Kier alpha value is -2.63. The van der Waals surface area contributed by atoms with Gasteiger partial charge in [-0.2, -0.15) is 5.10 Å². The minimum atomic E-state index is -0.263. The quantitative estimate of drug-likeness (QED) is 0.902. The van der Waals surface area contributed by atoms with Crippen LogP contribution in [0.1, 0.15) is 51.9 Å². The Morgan fingerprint density at radius 1 is 1.19 bits per heavy atom. The van der Waals surface area contributed by atoms with Gasteiger partial charge in [-0.1, -0.05) is 18.2 Å². The fourth-order valence-electron chi connectivity index (χ4n) is 4.27. The van der Waals surface area contributed by atoms with E-state index in [1.165, 1.54) is 5.56 Å². The number of hydrogen-bond acceptors (Lipinski definition) is 3. The van der Waals surface area contributed by atoms with Crippen LogP contribution >= 0.6 is 0 Å². The van der Waals surface area contributed by atoms with Crippen molar-refractivity contribution in [1.29, 1.82) is 0 Å². The van der Waals surface area contributed by atoms with E-state index >= 15 is 0 Å². The average molecular weight is 352 g/mol. The Morgan fingerprint density at radius 3 is 2.62 bits per heavy atom. The monoisotopic (exact) mass is 352 g/mol. The molecule has 1 fully saturated rings. The molecule has 0 aliphatic carbocycles. The molecule has 26 heavy (non-hydrogen) atoms. The van der Waals surface area contributed by atoms with Gasteiger partial charge in [0, 0.05) is 37.9 Å². The number of fused-ring (bicyclic) bond motifs is 1. The summed E-state index contributed by atoms with van der Waals surface area (Å²) in [5.74, 6) is 0.333. The summed E-state index contributed by atoms with van der Waals surface area (Å²) in [6, 6.07) is 7.51. The molecule has 1 atom stereocenters. The average Bonchev–Trinajstić information content (AvgIpc) is 3.10. The second kappa shape index (κ2) is 6.59. The van der Waals surface area contributed by atoms with E-state index in [1.807, 2.05) is 42.3 Å². The van der Waals surface area contributed by atoms with Gasteiger partial charge >= 0.3 is 0 Å². The van der Waals surface area contributed by atoms with Gasteiger partial charge in [-0.25, -0.2) is 0 Å². The molecule has 1 aromatic heterocycles. The van der Waals surface area contributed by atoms with Crippen molar-refractivity contribution in [2.75, 3.05) is 26.7 Å². The SMILES string of the molecule is Cc1[nH]ncc1C1CCN(C(=O)C2CN(C)C(=O)c3ccccc32)CC1. The van der Waals surface area contributed by atoms with E-state index < -0.39 is 0 Å². The van der Waals surface area contributed by atoms with Crippen LogP contribution in [0.3, 0.4) is 0 Å². The fraction of sp³-hybridized carbons (Fsp3) is 0.450. The summed E-state index contributed by atoms with van der Waals surface area (Å²) in [5.41, 5.74) is 3.92. The lowest BCUT2D eigenvalue weighted by molar-refractivity contribution is -0.134. The molecular formula is C20H24N4O2. The molecule has 2 amide bonds. The fourth-order valence-corrected chi connectivity index (χ4v) is 4.27. The number of rotatable bonds is 2. The Morgan fingerprint density at radius 2 is 1.92 bits per heavy atom. The highest BCUT2D eigenvalue weighted by molar-refractivity contribution is 6.00. The lowest BCUT2D eigenvalue weighted by atomic mass is 9.86. The van der Waals surface area contributed by atoms with Crippen molar-refractivity contribution in [3.63, 3.8) is 0 Å². The molecule has 1 N–H and O–H groups in total. The van der Waals surface area contributed by atoms with Gasteiger partial charge in [-0.05, 0) is 42.9 Å². The number of H-pyrrole nitrogens is 1. The molecule has 1 saturated heterocycles. The molecule has 0 radical (unpaired) electrons. The molecule has 2 aromatic rings. The predicted octanol–water partition coefficient (Wildman–Crippen LogP) is 2.29. The van der Waals surface area contributed by atoms with Gasteiger partial charge in [-0.3, -0.25) is 14.7 Å². The van der Waals surface area contributed by atoms with E-state index in [2.05, 4.69) is 10.2 Å². The Kier molecular flexibility index (Phi) is 4.26. The number of nitrogens with one attached hydrogen (secondary N) is 1. The van der Waals surface area contributed by atoms with Crippen LogP contribution in [0, 0.1) is 6.92 Å². The first-order valence-corrected chi connectivity index (χ1v) is 9.19. The zero-order valence-corrected chi connectivity index (χ0v) is 15.2. The van der Waals surface area contributed by atoms with Crippen LogP contribution in [-0.2, 0) is 4.79 Å². The number of aryl methyl sites for hydroxylation is 1. The van der Waals surface area contributed by atoms with Gasteiger partial charge in [0.15, 0.2) is 0 Å². The second-order valence-corrected chi connectivity index (χ2v) is 7.38. The minimum Gasteiger partial charge on any atom is -0.342 e. The Labute approximate surface area is 153 Å². The molecule has 6 nitrogen and oxygen atoms in total. The highest BCUT2D eigenvalue weighted by atomic mass is 16.2. The summed E-state index contributed by atoms with van der Waals surface area (Å²) < 4.78 is 0. The zero-order chi connectivity index (χ0) is 18.3. The van der Waals surface area contributed by atoms with Gasteiger partial charge in [0.2, 0.25) is 5.91 Å². The largest absolute Gasteiger partial charge is 0.342 e. The lowest BCUT2D eigenvalue weighted by Gasteiger charge is -2.37. The normalized spacial score (nSPS) is 21.0. The molecular weight excluding hydrogens is 328 g/mol. The van der Waals surface area contributed by atoms with Crippen molar-refractivity contribution in [1.82, 2.24) is 20.0 Å². The van der Waals surface area contributed by atoms with Crippen LogP contribution in [-0.4, -0.2) is 58.5 Å². The number of carbonyl (C=O) groups is 2. The predicted molar refractivity (Wildman–Crippen MR) is 98.0 cm³/mol. The van der Waals surface area contributed by atoms with Crippen LogP contribution in [0.25, 0.3) is 0 Å². The summed E-state index contributed by atoms with van der Waals surface area (Å²) in [6.07, 6.45) is 3.82. The summed E-state index contributed by atoms with van der Waals surface area (Å²) in [6.45, 7) is 4.01. The van der Waals surface area contributed by atoms with E-state index in [9.17, 15) is 9.59 Å². The van der Waals surface area contributed by atoms with E-state index in [-0.39, 0.29) is 17.7 Å². The van der Waals surface area contributed by atoms with Gasteiger partial charge in [0.05, 0.1) is 12.1 Å². The summed E-state index contributed by atoms with van der Waals surface area (Å²) in [7, 11) is 1.77. The van der Waals surface area contributed by atoms with Gasteiger partial charge in [0.1, 0.15) is 0 Å². The number of aromatic nitrogens is 2. The molecule has 3 heterocycles. The summed E-state index contributed by atoms with van der Waals surface area (Å²) in [4.78, 5) is 29.2. The second-order valence-electron chi connectivity index (χ2n) is 7.38. The standard InChI is InChI=1S/C20H24N4O2/c1-13-17(11-21-22-13)14-7-9-24(10-8-14)20(26)18-12-23(2)19(25)16-6-4-3-5-15(16)18/h3-6,11,14,18H,7-10,12H2,1-2H3,(H,21,22). The number of piperidine rings is 1. The Balaban J connectivity index is 1.50. The van der Waals surface area contributed by atoms with Gasteiger partial charge < -0.3 is 9.80 Å². The maximum Gasteiger partial charge on any atom is 0.253 e. The van der Waals surface area contributed by atoms with E-state index in [0.29, 0.717) is 18.0 Å². The van der Waals surface area contributed by atoms with Crippen LogP contribution in [0.4, 0.5) is 0 Å². The van der Waals surface area contributed by atoms with Crippen LogP contribution < -0.4 is 0 Å². The van der Waals surface area contributed by atoms with Crippen molar-refractivity contribution in [3.8, 4) is 0 Å². The van der Waals surface area contributed by atoms with Crippen molar-refractivity contribution < 1.29 is 9.59 Å². The van der Waals surface area contributed by atoms with E-state index in [4.69, 9.17) is 0 Å². The van der Waals surface area contributed by atoms with Crippen molar-refractivity contribution in [2.24, 2.45) is 0 Å². The number of amides is 2. The third-order valence-corrected chi connectivity index (χ3v) is 5.78. The zero-order valence-electron chi connectivity index (χ0n) is 15.2. The number of likely N-dealkylation sites (tertiary alicyclic amines) is 1. The number of aromatic amines is 1. The minimum absolute atomic E-state index is 0.00112. The molecule has 1 aromatic carbocycles. The maximum absolute atomic E-state index is 13.2. The van der Waals surface area contributed by atoms with Crippen molar-refractivity contribution >= 4 is 11.8 Å². The molecule has 0 spiro atoms. The molecule has 2 aliphatic rings. The van der Waals surface area contributed by atoms with Crippen molar-refractivity contribution in [3.05, 3.63) is 52.8 Å². The van der Waals surface area contributed by atoms with Crippen LogP contribution in [0.5, 0.6) is 0 Å². The number of likely N-dealkylation sites (N-methyl/N-ethyl adjacent to an activating group) is 1. The molecule has 2 aliphatic heterocycles. The molecule has 1 unspecified atom stereocenters. The van der Waals surface area contributed by atoms with Gasteiger partial charge in [0.25, 0.3) is 5.91 Å². The molecule has 4 rings (SSSR count). The molecule has 6 heteroatoms. The molecule has 0 saturated carbocycles. The van der Waals surface area contributed by atoms with Crippen molar-refractivity contribution in [2.45, 2.75) is 31.6 Å². The summed E-state index contributed by atoms with van der Waals surface area (Å²) >= 11 is 0. The Bertz CT molecular complexity index is 836. The first kappa shape index (κ1) is 16.8. The number of carbonyl (C=O) groups excluding carboxylic acids is 2. The lowest BCUT2D eigenvalue weighted by Crippen LogP contribution is -2.46. The van der Waals surface area contributed by atoms with Crippen LogP contribution in [0.15, 0.2) is 30.5 Å². The molecule has 136 valence electrons. The third kappa shape index (κ3) is 2.79. The van der Waals surface area contributed by atoms with E-state index in [0.717, 1.165) is 37.2 Å². The van der Waals surface area contributed by atoms with E-state index in [1.54, 1.807) is 11.9 Å².